The van der Waals surface area contributed by atoms with Gasteiger partial charge in [0.05, 0.1) is 12.1 Å². The largest absolute Gasteiger partial charge is 0.331 e. The molecule has 1 saturated carbocycles. The van der Waals surface area contributed by atoms with Gasteiger partial charge in [-0.05, 0) is 25.3 Å². The molecular formula is C19H25N5O. The normalized spacial score (nSPS) is 25.2. The van der Waals surface area contributed by atoms with E-state index in [0.29, 0.717) is 12.5 Å². The van der Waals surface area contributed by atoms with E-state index in [1.54, 1.807) is 6.33 Å². The number of hydrogen-bond acceptors (Lipinski definition) is 3. The number of aryl methyl sites for hydroxylation is 1. The van der Waals surface area contributed by atoms with E-state index in [1.807, 2.05) is 22.5 Å². The van der Waals surface area contributed by atoms with Gasteiger partial charge in [-0.2, -0.15) is 0 Å². The number of nitrogens with one attached hydrogen (secondary N) is 1. The van der Waals surface area contributed by atoms with Crippen molar-refractivity contribution in [2.24, 2.45) is 5.92 Å². The zero-order valence-electron chi connectivity index (χ0n) is 14.7. The van der Waals surface area contributed by atoms with Crippen LogP contribution in [0.15, 0.2) is 36.7 Å². The number of urea groups is 1. The summed E-state index contributed by atoms with van der Waals surface area (Å²) in [5, 5.41) is 11.1. The summed E-state index contributed by atoms with van der Waals surface area (Å²) in [5.74, 6) is 1.37. The van der Waals surface area contributed by atoms with Crippen molar-refractivity contribution in [3.8, 4) is 0 Å². The lowest BCUT2D eigenvalue weighted by atomic mass is 9.62. The lowest BCUT2D eigenvalue weighted by Crippen LogP contribution is -2.69. The minimum atomic E-state index is -0.123. The molecule has 1 saturated heterocycles. The topological polar surface area (TPSA) is 63.1 Å². The minimum Gasteiger partial charge on any atom is -0.331 e. The Kier molecular flexibility index (Phi) is 4.19. The number of hydrogen-bond donors (Lipinski definition) is 1. The quantitative estimate of drug-likeness (QED) is 0.931. The van der Waals surface area contributed by atoms with E-state index in [0.717, 1.165) is 25.3 Å². The number of likely N-dealkylation sites (tertiary alicyclic amines) is 1. The van der Waals surface area contributed by atoms with Crippen molar-refractivity contribution in [1.29, 1.82) is 0 Å². The fourth-order valence-corrected chi connectivity index (χ4v) is 4.55. The predicted octanol–water partition coefficient (Wildman–Crippen LogP) is 2.91. The van der Waals surface area contributed by atoms with Crippen LogP contribution in [0.5, 0.6) is 0 Å². The molecule has 0 unspecified atom stereocenters. The standard InChI is InChI=1S/C19H25N5O/c1-2-23-14-21-22-17(23)12-20-18(25)24-13-16-10-6-7-11-19(16,24)15-8-4-3-5-9-15/h3-5,8-9,14,16H,2,6-7,10-13H2,1H3,(H,20,25)/t16-,19+/m0/s1. The molecule has 1 aliphatic carbocycles. The highest BCUT2D eigenvalue weighted by Crippen LogP contribution is 2.53. The highest BCUT2D eigenvalue weighted by atomic mass is 16.2. The molecule has 6 nitrogen and oxygen atoms in total. The zero-order valence-corrected chi connectivity index (χ0v) is 14.7. The molecule has 0 spiro atoms. The molecular weight excluding hydrogens is 314 g/mol. The van der Waals surface area contributed by atoms with Crippen molar-refractivity contribution < 1.29 is 4.79 Å². The summed E-state index contributed by atoms with van der Waals surface area (Å²) in [7, 11) is 0. The second-order valence-corrected chi connectivity index (χ2v) is 7.04. The van der Waals surface area contributed by atoms with E-state index in [1.165, 1.54) is 24.8 Å². The van der Waals surface area contributed by atoms with Gasteiger partial charge >= 0.3 is 6.03 Å². The fourth-order valence-electron chi connectivity index (χ4n) is 4.55. The third kappa shape index (κ3) is 2.60. The fraction of sp³-hybridized carbons (Fsp3) is 0.526. The summed E-state index contributed by atoms with van der Waals surface area (Å²) in [6.07, 6.45) is 6.42. The monoisotopic (exact) mass is 339 g/mol. The maximum Gasteiger partial charge on any atom is 0.318 e. The Morgan fingerprint density at radius 1 is 1.32 bits per heavy atom. The van der Waals surface area contributed by atoms with Crippen molar-refractivity contribution in [3.05, 3.63) is 48.0 Å². The Labute approximate surface area is 148 Å². The molecule has 132 valence electrons. The number of benzene rings is 1. The Morgan fingerprint density at radius 3 is 2.92 bits per heavy atom. The lowest BCUT2D eigenvalue weighted by Gasteiger charge is -2.61. The van der Waals surface area contributed by atoms with E-state index in [9.17, 15) is 4.79 Å². The molecule has 0 bridgehead atoms. The van der Waals surface area contributed by atoms with E-state index < -0.39 is 0 Å². The highest BCUT2D eigenvalue weighted by Gasteiger charge is 2.56. The molecule has 2 atom stereocenters. The van der Waals surface area contributed by atoms with E-state index in [-0.39, 0.29) is 11.6 Å². The minimum absolute atomic E-state index is 0.00709. The second kappa shape index (κ2) is 6.50. The maximum atomic E-state index is 12.9. The summed E-state index contributed by atoms with van der Waals surface area (Å²) in [6, 6.07) is 10.5. The van der Waals surface area contributed by atoms with Crippen molar-refractivity contribution >= 4 is 6.03 Å². The average Bonchev–Trinajstić information content (AvgIpc) is 3.09. The van der Waals surface area contributed by atoms with Crippen LogP contribution in [-0.2, 0) is 18.6 Å². The van der Waals surface area contributed by atoms with Crippen LogP contribution in [0.3, 0.4) is 0 Å². The number of amides is 2. The molecule has 25 heavy (non-hydrogen) atoms. The lowest BCUT2D eigenvalue weighted by molar-refractivity contribution is -0.0794. The first-order valence-electron chi connectivity index (χ1n) is 9.23. The van der Waals surface area contributed by atoms with E-state index >= 15 is 0 Å². The zero-order chi connectivity index (χ0) is 17.3. The summed E-state index contributed by atoms with van der Waals surface area (Å²) in [4.78, 5) is 15.0. The highest BCUT2D eigenvalue weighted by molar-refractivity contribution is 5.77. The molecule has 2 heterocycles. The first kappa shape index (κ1) is 16.1. The van der Waals surface area contributed by atoms with Gasteiger partial charge in [0.2, 0.25) is 0 Å². The van der Waals surface area contributed by atoms with Gasteiger partial charge in [-0.3, -0.25) is 0 Å². The summed E-state index contributed by atoms with van der Waals surface area (Å²) >= 11 is 0. The summed E-state index contributed by atoms with van der Waals surface area (Å²) < 4.78 is 1.95. The van der Waals surface area contributed by atoms with Crippen LogP contribution in [0.4, 0.5) is 4.79 Å². The summed E-state index contributed by atoms with van der Waals surface area (Å²) in [6.45, 7) is 4.11. The molecule has 1 aliphatic heterocycles. The smallest absolute Gasteiger partial charge is 0.318 e. The van der Waals surface area contributed by atoms with Crippen molar-refractivity contribution in [2.75, 3.05) is 6.54 Å². The number of nitrogens with zero attached hydrogens (tertiary/aromatic N) is 4. The predicted molar refractivity (Wildman–Crippen MR) is 94.7 cm³/mol. The molecule has 2 fully saturated rings. The molecule has 2 aliphatic rings. The maximum absolute atomic E-state index is 12.9. The van der Waals surface area contributed by atoms with Crippen LogP contribution in [0.1, 0.15) is 44.0 Å². The van der Waals surface area contributed by atoms with Gasteiger partial charge in [-0.15, -0.1) is 10.2 Å². The molecule has 6 heteroatoms. The van der Waals surface area contributed by atoms with Gasteiger partial charge in [-0.1, -0.05) is 43.2 Å². The third-order valence-corrected chi connectivity index (χ3v) is 5.87. The Hall–Kier alpha value is -2.37. The average molecular weight is 339 g/mol. The van der Waals surface area contributed by atoms with Crippen molar-refractivity contribution in [2.45, 2.75) is 51.2 Å². The van der Waals surface area contributed by atoms with Gasteiger partial charge < -0.3 is 14.8 Å². The first-order chi connectivity index (χ1) is 12.3. The first-order valence-corrected chi connectivity index (χ1v) is 9.23. The van der Waals surface area contributed by atoms with Crippen molar-refractivity contribution in [3.63, 3.8) is 0 Å². The molecule has 4 rings (SSSR count). The summed E-state index contributed by atoms with van der Waals surface area (Å²) in [5.41, 5.74) is 1.15. The Balaban J connectivity index is 1.52. The third-order valence-electron chi connectivity index (χ3n) is 5.87. The molecule has 2 aromatic rings. The number of carbonyl (C=O) groups excluding carboxylic acids is 1. The van der Waals surface area contributed by atoms with Gasteiger partial charge in [0.1, 0.15) is 6.33 Å². The Morgan fingerprint density at radius 2 is 2.16 bits per heavy atom. The van der Waals surface area contributed by atoms with Gasteiger partial charge in [0.15, 0.2) is 5.82 Å². The Bertz CT molecular complexity index is 743. The van der Waals surface area contributed by atoms with Crippen LogP contribution in [0, 0.1) is 5.92 Å². The molecule has 1 N–H and O–H groups in total. The van der Waals surface area contributed by atoms with Gasteiger partial charge in [0, 0.05) is 19.0 Å². The number of fused-ring (bicyclic) bond motifs is 1. The number of aromatic nitrogens is 3. The molecule has 1 aromatic heterocycles. The molecule has 1 aromatic carbocycles. The SMILES string of the molecule is CCn1cnnc1CNC(=O)N1C[C@@H]2CCCC[C@@]21c1ccccc1. The molecule has 2 amide bonds. The van der Waals surface area contributed by atoms with Crippen LogP contribution in [0.2, 0.25) is 0 Å². The number of carbonyl (C=O) groups is 1. The van der Waals surface area contributed by atoms with Crippen LogP contribution < -0.4 is 5.32 Å². The van der Waals surface area contributed by atoms with Gasteiger partial charge in [-0.25, -0.2) is 4.79 Å². The number of rotatable bonds is 4. The van der Waals surface area contributed by atoms with Crippen molar-refractivity contribution in [1.82, 2.24) is 25.0 Å². The molecule has 0 radical (unpaired) electrons. The van der Waals surface area contributed by atoms with E-state index in [4.69, 9.17) is 0 Å². The van der Waals surface area contributed by atoms with E-state index in [2.05, 4.69) is 39.8 Å². The van der Waals surface area contributed by atoms with Crippen LogP contribution in [-0.4, -0.2) is 32.2 Å². The van der Waals surface area contributed by atoms with Crippen LogP contribution >= 0.6 is 0 Å². The van der Waals surface area contributed by atoms with Crippen LogP contribution in [0.25, 0.3) is 0 Å². The van der Waals surface area contributed by atoms with Gasteiger partial charge in [0.25, 0.3) is 0 Å². The second-order valence-electron chi connectivity index (χ2n) is 7.04.